The summed E-state index contributed by atoms with van der Waals surface area (Å²) >= 11 is 1.62. The van der Waals surface area contributed by atoms with Crippen molar-refractivity contribution in [3.8, 4) is 0 Å². The fourth-order valence-corrected chi connectivity index (χ4v) is 2.30. The highest BCUT2D eigenvalue weighted by Gasteiger charge is 2.11. The Morgan fingerprint density at radius 1 is 1.50 bits per heavy atom. The second kappa shape index (κ2) is 5.14. The minimum Gasteiger partial charge on any atom is -0.477 e. The van der Waals surface area contributed by atoms with Gasteiger partial charge in [0.2, 0.25) is 0 Å². The maximum atomic E-state index is 10.8. The smallest absolute Gasteiger partial charge is 0.354 e. The molecule has 1 atom stereocenters. The van der Waals surface area contributed by atoms with Crippen molar-refractivity contribution < 1.29 is 9.90 Å². The first kappa shape index (κ1) is 12.5. The summed E-state index contributed by atoms with van der Waals surface area (Å²) in [4.78, 5) is 20.0. The number of pyridine rings is 1. The predicted molar refractivity (Wildman–Crippen MR) is 70.1 cm³/mol. The Hall–Kier alpha value is -1.95. The lowest BCUT2D eigenvalue weighted by molar-refractivity contribution is 0.0690. The number of carbonyl (C=O) groups is 1. The van der Waals surface area contributed by atoms with Crippen molar-refractivity contribution in [2.24, 2.45) is 0 Å². The molecular formula is C12H13N3O2S. The normalized spacial score (nSPS) is 12.1. The lowest BCUT2D eigenvalue weighted by Crippen LogP contribution is -2.08. The van der Waals surface area contributed by atoms with E-state index in [4.69, 9.17) is 5.11 Å². The van der Waals surface area contributed by atoms with E-state index in [2.05, 4.69) is 15.3 Å². The van der Waals surface area contributed by atoms with Crippen LogP contribution in [-0.4, -0.2) is 21.0 Å². The number of carboxylic acid groups (broad SMARTS) is 1. The number of anilines is 1. The van der Waals surface area contributed by atoms with Crippen molar-refractivity contribution in [3.63, 3.8) is 0 Å². The highest BCUT2D eigenvalue weighted by atomic mass is 32.1. The van der Waals surface area contributed by atoms with Gasteiger partial charge in [-0.15, -0.1) is 11.3 Å². The van der Waals surface area contributed by atoms with Crippen LogP contribution in [0.5, 0.6) is 0 Å². The second-order valence-electron chi connectivity index (χ2n) is 3.91. The van der Waals surface area contributed by atoms with E-state index in [1.54, 1.807) is 17.4 Å². The third kappa shape index (κ3) is 2.84. The zero-order valence-corrected chi connectivity index (χ0v) is 10.9. The van der Waals surface area contributed by atoms with Crippen LogP contribution >= 0.6 is 11.3 Å². The molecule has 2 N–H and O–H groups in total. The van der Waals surface area contributed by atoms with E-state index in [-0.39, 0.29) is 11.7 Å². The van der Waals surface area contributed by atoms with Gasteiger partial charge in [0.1, 0.15) is 10.7 Å². The molecule has 0 aliphatic carbocycles. The molecular weight excluding hydrogens is 250 g/mol. The predicted octanol–water partition coefficient (Wildman–Crippen LogP) is 2.72. The van der Waals surface area contributed by atoms with E-state index >= 15 is 0 Å². The quantitative estimate of drug-likeness (QED) is 0.887. The summed E-state index contributed by atoms with van der Waals surface area (Å²) in [5.41, 5.74) is 0.755. The van der Waals surface area contributed by atoms with Crippen molar-refractivity contribution in [1.29, 1.82) is 0 Å². The third-order valence-electron chi connectivity index (χ3n) is 2.37. The van der Waals surface area contributed by atoms with Crippen LogP contribution in [0.3, 0.4) is 0 Å². The van der Waals surface area contributed by atoms with Gasteiger partial charge in [-0.05, 0) is 26.0 Å². The molecule has 2 aromatic heterocycles. The van der Waals surface area contributed by atoms with Crippen molar-refractivity contribution >= 4 is 23.0 Å². The molecule has 6 heteroatoms. The topological polar surface area (TPSA) is 75.1 Å². The summed E-state index contributed by atoms with van der Waals surface area (Å²) in [6.45, 7) is 3.99. The summed E-state index contributed by atoms with van der Waals surface area (Å²) < 4.78 is 0. The third-order valence-corrected chi connectivity index (χ3v) is 3.47. The average molecular weight is 263 g/mol. The van der Waals surface area contributed by atoms with Gasteiger partial charge in [0.05, 0.1) is 6.04 Å². The van der Waals surface area contributed by atoms with Gasteiger partial charge < -0.3 is 10.4 Å². The molecule has 0 saturated heterocycles. The SMILES string of the molecule is Cc1cnc(C(C)Nc2ccnc(C(=O)O)c2)s1. The highest BCUT2D eigenvalue weighted by molar-refractivity contribution is 7.11. The number of hydrogen-bond donors (Lipinski definition) is 2. The van der Waals surface area contributed by atoms with Crippen LogP contribution in [0.4, 0.5) is 5.69 Å². The number of thiazole rings is 1. The lowest BCUT2D eigenvalue weighted by Gasteiger charge is -2.12. The lowest BCUT2D eigenvalue weighted by atomic mass is 10.2. The van der Waals surface area contributed by atoms with Gasteiger partial charge in [-0.1, -0.05) is 0 Å². The Morgan fingerprint density at radius 2 is 2.28 bits per heavy atom. The van der Waals surface area contributed by atoms with Crippen molar-refractivity contribution in [1.82, 2.24) is 9.97 Å². The van der Waals surface area contributed by atoms with Crippen molar-refractivity contribution in [3.05, 3.63) is 40.1 Å². The molecule has 0 bridgehead atoms. The summed E-state index contributed by atoms with van der Waals surface area (Å²) in [5, 5.41) is 13.0. The molecule has 18 heavy (non-hydrogen) atoms. The summed E-state index contributed by atoms with van der Waals surface area (Å²) in [7, 11) is 0. The summed E-state index contributed by atoms with van der Waals surface area (Å²) in [6, 6.07) is 3.29. The second-order valence-corrected chi connectivity index (χ2v) is 5.18. The molecule has 2 aromatic rings. The largest absolute Gasteiger partial charge is 0.477 e. The monoisotopic (exact) mass is 263 g/mol. The number of aromatic nitrogens is 2. The molecule has 0 aliphatic heterocycles. The minimum atomic E-state index is -1.03. The number of nitrogens with zero attached hydrogens (tertiary/aromatic N) is 2. The number of aromatic carboxylic acids is 1. The maximum absolute atomic E-state index is 10.8. The molecule has 0 spiro atoms. The van der Waals surface area contributed by atoms with Crippen molar-refractivity contribution in [2.75, 3.05) is 5.32 Å². The molecule has 5 nitrogen and oxygen atoms in total. The zero-order valence-electron chi connectivity index (χ0n) is 10.0. The minimum absolute atomic E-state index is 0.0301. The number of nitrogens with one attached hydrogen (secondary N) is 1. The molecule has 1 unspecified atom stereocenters. The van der Waals surface area contributed by atoms with Crippen LogP contribution in [0.15, 0.2) is 24.5 Å². The van der Waals surface area contributed by atoms with E-state index in [0.29, 0.717) is 0 Å². The molecule has 0 aliphatic rings. The van der Waals surface area contributed by atoms with E-state index in [1.165, 1.54) is 12.3 Å². The van der Waals surface area contributed by atoms with Gasteiger partial charge in [-0.3, -0.25) is 0 Å². The standard InChI is InChI=1S/C12H13N3O2S/c1-7-6-14-11(18-7)8(2)15-9-3-4-13-10(5-9)12(16)17/h3-6,8H,1-2H3,(H,13,15)(H,16,17). The Balaban J connectivity index is 2.14. The average Bonchev–Trinajstić information content (AvgIpc) is 2.76. The molecule has 2 heterocycles. The molecule has 2 rings (SSSR count). The fraction of sp³-hybridized carbons (Fsp3) is 0.250. The number of rotatable bonds is 4. The van der Waals surface area contributed by atoms with Crippen LogP contribution in [0.2, 0.25) is 0 Å². The van der Waals surface area contributed by atoms with Gasteiger partial charge in [0.15, 0.2) is 0 Å². The Morgan fingerprint density at radius 3 is 2.89 bits per heavy atom. The molecule has 94 valence electrons. The molecule has 0 aromatic carbocycles. The molecule has 0 fully saturated rings. The first-order valence-corrected chi connectivity index (χ1v) is 6.26. The van der Waals surface area contributed by atoms with Crippen molar-refractivity contribution in [2.45, 2.75) is 19.9 Å². The number of aryl methyl sites for hydroxylation is 1. The van der Waals surface area contributed by atoms with Gasteiger partial charge in [0.25, 0.3) is 0 Å². The molecule has 0 amide bonds. The van der Waals surface area contributed by atoms with Crippen LogP contribution in [0, 0.1) is 6.92 Å². The Bertz CT molecular complexity index is 568. The summed E-state index contributed by atoms with van der Waals surface area (Å²) in [6.07, 6.45) is 3.30. The molecule has 0 saturated carbocycles. The van der Waals surface area contributed by atoms with Gasteiger partial charge in [-0.25, -0.2) is 14.8 Å². The van der Waals surface area contributed by atoms with Gasteiger partial charge >= 0.3 is 5.97 Å². The first-order chi connectivity index (χ1) is 8.56. The molecule has 0 radical (unpaired) electrons. The number of carboxylic acids is 1. The van der Waals surface area contributed by atoms with Gasteiger partial charge in [0, 0.05) is 23.0 Å². The Kier molecular flexibility index (Phi) is 3.57. The van der Waals surface area contributed by atoms with E-state index in [9.17, 15) is 4.79 Å². The fourth-order valence-electron chi connectivity index (χ4n) is 1.52. The Labute approximate surface area is 109 Å². The first-order valence-electron chi connectivity index (χ1n) is 5.44. The zero-order chi connectivity index (χ0) is 13.1. The van der Waals surface area contributed by atoms with E-state index < -0.39 is 5.97 Å². The summed E-state index contributed by atoms with van der Waals surface area (Å²) in [5.74, 6) is -1.03. The van der Waals surface area contributed by atoms with Gasteiger partial charge in [-0.2, -0.15) is 0 Å². The van der Waals surface area contributed by atoms with E-state index in [0.717, 1.165) is 15.6 Å². The maximum Gasteiger partial charge on any atom is 0.354 e. The number of hydrogen-bond acceptors (Lipinski definition) is 5. The van der Waals surface area contributed by atoms with Crippen LogP contribution in [-0.2, 0) is 0 Å². The van der Waals surface area contributed by atoms with Crippen LogP contribution < -0.4 is 5.32 Å². The van der Waals surface area contributed by atoms with Crippen LogP contribution in [0.1, 0.15) is 33.3 Å². The van der Waals surface area contributed by atoms with E-state index in [1.807, 2.05) is 20.0 Å². The highest BCUT2D eigenvalue weighted by Crippen LogP contribution is 2.23. The van der Waals surface area contributed by atoms with Crippen LogP contribution in [0.25, 0.3) is 0 Å².